The molecule has 0 bridgehead atoms. The van der Waals surface area contributed by atoms with Crippen LogP contribution in [0.4, 0.5) is 15.8 Å². The van der Waals surface area contributed by atoms with Crippen molar-refractivity contribution in [3.63, 3.8) is 0 Å². The molecule has 1 aromatic rings. The van der Waals surface area contributed by atoms with Gasteiger partial charge in [-0.15, -0.1) is 11.6 Å². The first-order valence-corrected chi connectivity index (χ1v) is 6.54. The summed E-state index contributed by atoms with van der Waals surface area (Å²) in [6.07, 6.45) is 0.853. The van der Waals surface area contributed by atoms with Gasteiger partial charge in [-0.05, 0) is 24.1 Å². The zero-order chi connectivity index (χ0) is 14.0. The molecule has 0 radical (unpaired) electrons. The van der Waals surface area contributed by atoms with Crippen molar-refractivity contribution in [2.45, 2.75) is 19.8 Å². The van der Waals surface area contributed by atoms with Crippen LogP contribution in [0.1, 0.15) is 18.9 Å². The van der Waals surface area contributed by atoms with Crippen LogP contribution in [0.15, 0.2) is 12.1 Å². The van der Waals surface area contributed by atoms with Crippen molar-refractivity contribution in [2.75, 3.05) is 16.5 Å². The minimum atomic E-state index is -0.509. The smallest absolute Gasteiger partial charge is 0.228 e. The molecule has 1 atom stereocenters. The second kappa shape index (κ2) is 5.57. The Hall–Kier alpha value is -1.62. The number of halogens is 2. The van der Waals surface area contributed by atoms with Crippen molar-refractivity contribution in [3.8, 4) is 0 Å². The molecule has 0 saturated heterocycles. The fraction of sp³-hybridized carbons (Fsp3) is 0.385. The average molecular weight is 285 g/mol. The van der Waals surface area contributed by atoms with E-state index in [0.717, 1.165) is 5.56 Å². The lowest BCUT2D eigenvalue weighted by atomic mass is 10.0. The quantitative estimate of drug-likeness (QED) is 0.838. The molecule has 0 aliphatic carbocycles. The van der Waals surface area contributed by atoms with Gasteiger partial charge in [-0.3, -0.25) is 9.59 Å². The third-order valence-corrected chi connectivity index (χ3v) is 3.49. The molecule has 1 unspecified atom stereocenters. The summed E-state index contributed by atoms with van der Waals surface area (Å²) in [4.78, 5) is 23.0. The Balaban J connectivity index is 2.24. The second-order valence-corrected chi connectivity index (χ2v) is 4.89. The highest BCUT2D eigenvalue weighted by Gasteiger charge is 2.19. The largest absolute Gasteiger partial charge is 0.326 e. The molecule has 1 aliphatic rings. The lowest BCUT2D eigenvalue weighted by Crippen LogP contribution is -2.23. The highest BCUT2D eigenvalue weighted by atomic mass is 35.5. The number of hydrogen-bond donors (Lipinski definition) is 2. The van der Waals surface area contributed by atoms with Crippen LogP contribution in [0.25, 0.3) is 0 Å². The normalized spacial score (nSPS) is 15.4. The van der Waals surface area contributed by atoms with Gasteiger partial charge in [0.05, 0.1) is 5.69 Å². The van der Waals surface area contributed by atoms with E-state index in [1.165, 1.54) is 12.1 Å². The first kappa shape index (κ1) is 13.8. The SMILES string of the molecule is CC(CCl)C(=O)Nc1cc2c(cc1F)CCC(=O)N2. The summed E-state index contributed by atoms with van der Waals surface area (Å²) in [5, 5.41) is 5.14. The van der Waals surface area contributed by atoms with Crippen LogP contribution in [-0.4, -0.2) is 17.7 Å². The maximum absolute atomic E-state index is 13.8. The van der Waals surface area contributed by atoms with Crippen LogP contribution in [0.3, 0.4) is 0 Å². The molecule has 0 fully saturated rings. The Kier molecular flexibility index (Phi) is 4.04. The summed E-state index contributed by atoms with van der Waals surface area (Å²) >= 11 is 5.58. The van der Waals surface area contributed by atoms with Gasteiger partial charge in [0.1, 0.15) is 5.82 Å². The van der Waals surface area contributed by atoms with Crippen molar-refractivity contribution in [1.82, 2.24) is 0 Å². The Morgan fingerprint density at radius 2 is 2.26 bits per heavy atom. The molecule has 4 nitrogen and oxygen atoms in total. The summed E-state index contributed by atoms with van der Waals surface area (Å²) in [7, 11) is 0. The number of benzene rings is 1. The second-order valence-electron chi connectivity index (χ2n) is 4.58. The van der Waals surface area contributed by atoms with Crippen LogP contribution in [0.2, 0.25) is 0 Å². The van der Waals surface area contributed by atoms with Crippen molar-refractivity contribution in [2.24, 2.45) is 5.92 Å². The first-order valence-electron chi connectivity index (χ1n) is 6.00. The van der Waals surface area contributed by atoms with E-state index in [0.29, 0.717) is 18.5 Å². The molecule has 2 N–H and O–H groups in total. The maximum atomic E-state index is 13.8. The van der Waals surface area contributed by atoms with E-state index in [1.54, 1.807) is 6.92 Å². The molecule has 1 aliphatic heterocycles. The Morgan fingerprint density at radius 3 is 2.95 bits per heavy atom. The molecule has 0 saturated carbocycles. The van der Waals surface area contributed by atoms with Gasteiger partial charge in [-0.25, -0.2) is 4.39 Å². The number of aryl methyl sites for hydroxylation is 1. The van der Waals surface area contributed by atoms with E-state index in [-0.39, 0.29) is 23.4 Å². The average Bonchev–Trinajstić information content (AvgIpc) is 2.39. The number of amides is 2. The molecule has 2 rings (SSSR count). The fourth-order valence-corrected chi connectivity index (χ4v) is 1.96. The van der Waals surface area contributed by atoms with Crippen LogP contribution >= 0.6 is 11.6 Å². The minimum Gasteiger partial charge on any atom is -0.326 e. The van der Waals surface area contributed by atoms with Gasteiger partial charge in [0.2, 0.25) is 11.8 Å². The number of hydrogen-bond acceptors (Lipinski definition) is 2. The molecule has 102 valence electrons. The molecule has 19 heavy (non-hydrogen) atoms. The van der Waals surface area contributed by atoms with Gasteiger partial charge < -0.3 is 10.6 Å². The number of rotatable bonds is 3. The number of carbonyl (C=O) groups is 2. The van der Waals surface area contributed by atoms with Gasteiger partial charge in [0, 0.05) is 23.9 Å². The standard InChI is InChI=1S/C13H14ClFN2O2/c1-7(6-14)13(19)17-11-5-10-8(4-9(11)15)2-3-12(18)16-10/h4-5,7H,2-3,6H2,1H3,(H,16,18)(H,17,19). The van der Waals surface area contributed by atoms with Gasteiger partial charge in [0.25, 0.3) is 0 Å². The molecule has 6 heteroatoms. The molecule has 2 amide bonds. The van der Waals surface area contributed by atoms with E-state index in [9.17, 15) is 14.0 Å². The highest BCUT2D eigenvalue weighted by molar-refractivity contribution is 6.19. The fourth-order valence-electron chi connectivity index (χ4n) is 1.82. The zero-order valence-electron chi connectivity index (χ0n) is 10.4. The summed E-state index contributed by atoms with van der Waals surface area (Å²) in [5.74, 6) is -1.21. The number of fused-ring (bicyclic) bond motifs is 1. The van der Waals surface area contributed by atoms with E-state index >= 15 is 0 Å². The monoisotopic (exact) mass is 284 g/mol. The van der Waals surface area contributed by atoms with Crippen molar-refractivity contribution >= 4 is 34.8 Å². The van der Waals surface area contributed by atoms with Crippen molar-refractivity contribution in [3.05, 3.63) is 23.5 Å². The van der Waals surface area contributed by atoms with Crippen LogP contribution in [-0.2, 0) is 16.0 Å². The van der Waals surface area contributed by atoms with E-state index in [4.69, 9.17) is 11.6 Å². The lowest BCUT2D eigenvalue weighted by molar-refractivity contribution is -0.119. The summed E-state index contributed by atoms with van der Waals surface area (Å²) in [5.41, 5.74) is 1.34. The lowest BCUT2D eigenvalue weighted by Gasteiger charge is -2.19. The number of nitrogens with one attached hydrogen (secondary N) is 2. The molecule has 0 aromatic heterocycles. The molecular formula is C13H14ClFN2O2. The molecular weight excluding hydrogens is 271 g/mol. The predicted molar refractivity (Wildman–Crippen MR) is 71.9 cm³/mol. The maximum Gasteiger partial charge on any atom is 0.228 e. The zero-order valence-corrected chi connectivity index (χ0v) is 11.2. The van der Waals surface area contributed by atoms with Gasteiger partial charge in [0.15, 0.2) is 0 Å². The van der Waals surface area contributed by atoms with Crippen molar-refractivity contribution in [1.29, 1.82) is 0 Å². The Labute approximate surface area is 115 Å². The number of carbonyl (C=O) groups excluding carboxylic acids is 2. The highest BCUT2D eigenvalue weighted by Crippen LogP contribution is 2.28. The third kappa shape index (κ3) is 3.04. The molecule has 0 spiro atoms. The number of anilines is 2. The summed E-state index contributed by atoms with van der Waals surface area (Å²) in [6.45, 7) is 1.65. The number of alkyl halides is 1. The van der Waals surface area contributed by atoms with Crippen LogP contribution in [0, 0.1) is 11.7 Å². The van der Waals surface area contributed by atoms with E-state index in [1.807, 2.05) is 0 Å². The topological polar surface area (TPSA) is 58.2 Å². The molecule has 1 aromatic carbocycles. The predicted octanol–water partition coefficient (Wildman–Crippen LogP) is 2.52. The first-order chi connectivity index (χ1) is 9.01. The van der Waals surface area contributed by atoms with Gasteiger partial charge in [-0.1, -0.05) is 6.92 Å². The Morgan fingerprint density at radius 1 is 1.53 bits per heavy atom. The van der Waals surface area contributed by atoms with Gasteiger partial charge in [-0.2, -0.15) is 0 Å². The third-order valence-electron chi connectivity index (χ3n) is 3.03. The van der Waals surface area contributed by atoms with E-state index < -0.39 is 11.7 Å². The molecule has 1 heterocycles. The summed E-state index contributed by atoms with van der Waals surface area (Å²) in [6, 6.07) is 2.79. The van der Waals surface area contributed by atoms with Crippen molar-refractivity contribution < 1.29 is 14.0 Å². The minimum absolute atomic E-state index is 0.0583. The van der Waals surface area contributed by atoms with Gasteiger partial charge >= 0.3 is 0 Å². The van der Waals surface area contributed by atoms with E-state index in [2.05, 4.69) is 10.6 Å². The van der Waals surface area contributed by atoms with Crippen LogP contribution < -0.4 is 10.6 Å². The summed E-state index contributed by atoms with van der Waals surface area (Å²) < 4.78 is 13.8. The van der Waals surface area contributed by atoms with Crippen LogP contribution in [0.5, 0.6) is 0 Å². The Bertz CT molecular complexity index is 534.